The Morgan fingerprint density at radius 3 is 2.38 bits per heavy atom. The molecule has 6 nitrogen and oxygen atoms in total. The number of hydrogen-bond donors (Lipinski definition) is 2. The van der Waals surface area contributed by atoms with Gasteiger partial charge in [-0.1, -0.05) is 12.1 Å². The van der Waals surface area contributed by atoms with Gasteiger partial charge in [-0.25, -0.2) is 9.78 Å². The number of halogens is 3. The first-order chi connectivity index (χ1) is 11.0. The average Bonchev–Trinajstić information content (AvgIpc) is 2.93. The van der Waals surface area contributed by atoms with Crippen LogP contribution >= 0.6 is 0 Å². The number of aromatic nitrogens is 1. The van der Waals surface area contributed by atoms with Crippen molar-refractivity contribution in [3.8, 4) is 0 Å². The number of benzene rings is 1. The molecule has 2 N–H and O–H groups in total. The molecule has 0 aliphatic carbocycles. The van der Waals surface area contributed by atoms with Crippen molar-refractivity contribution < 1.29 is 32.3 Å². The Balaban J connectivity index is 2.41. The summed E-state index contributed by atoms with van der Waals surface area (Å²) in [7, 11) is 0. The fraction of sp³-hybridized carbons (Fsp3) is 0.267. The summed E-state index contributed by atoms with van der Waals surface area (Å²) in [5.74, 6) is -2.21. The summed E-state index contributed by atoms with van der Waals surface area (Å²) in [4.78, 5) is 27.5. The molecule has 0 saturated heterocycles. The van der Waals surface area contributed by atoms with Gasteiger partial charge in [0.05, 0.1) is 5.56 Å². The topological polar surface area (TPSA) is 92.4 Å². The van der Waals surface area contributed by atoms with Crippen LogP contribution in [0.15, 0.2) is 34.9 Å². The van der Waals surface area contributed by atoms with E-state index in [1.807, 2.05) is 0 Å². The number of amides is 1. The third-order valence-electron chi connectivity index (χ3n) is 3.41. The van der Waals surface area contributed by atoms with E-state index in [1.54, 1.807) is 0 Å². The van der Waals surface area contributed by atoms with Crippen molar-refractivity contribution >= 4 is 11.9 Å². The van der Waals surface area contributed by atoms with Crippen molar-refractivity contribution in [1.82, 2.24) is 10.3 Å². The van der Waals surface area contributed by atoms with Gasteiger partial charge in [0.15, 0.2) is 17.1 Å². The van der Waals surface area contributed by atoms with Crippen LogP contribution in [0.1, 0.15) is 34.4 Å². The average molecular weight is 342 g/mol. The number of carbonyl (C=O) groups is 2. The van der Waals surface area contributed by atoms with Crippen LogP contribution in [-0.4, -0.2) is 22.0 Å². The number of alkyl halides is 3. The Morgan fingerprint density at radius 1 is 1.25 bits per heavy atom. The minimum atomic E-state index is -4.64. The monoisotopic (exact) mass is 342 g/mol. The number of hydrogen-bond acceptors (Lipinski definition) is 4. The van der Waals surface area contributed by atoms with E-state index < -0.39 is 29.2 Å². The van der Waals surface area contributed by atoms with Gasteiger partial charge in [0.25, 0.3) is 5.91 Å². The van der Waals surface area contributed by atoms with Gasteiger partial charge in [-0.05, 0) is 24.6 Å². The minimum Gasteiger partial charge on any atom is -0.479 e. The van der Waals surface area contributed by atoms with Crippen molar-refractivity contribution in [2.75, 3.05) is 0 Å². The molecule has 1 atom stereocenters. The van der Waals surface area contributed by atoms with Gasteiger partial charge in [0, 0.05) is 6.92 Å². The maximum atomic E-state index is 12.8. The van der Waals surface area contributed by atoms with E-state index in [-0.39, 0.29) is 17.1 Å². The molecule has 24 heavy (non-hydrogen) atoms. The molecular weight excluding hydrogens is 329 g/mol. The Kier molecular flexibility index (Phi) is 4.37. The van der Waals surface area contributed by atoms with Crippen LogP contribution in [-0.2, 0) is 16.5 Å². The molecule has 1 amide bonds. The molecule has 0 saturated carbocycles. The number of carbonyl (C=O) groups excluding carboxylic acids is 1. The summed E-state index contributed by atoms with van der Waals surface area (Å²) in [6, 6.07) is 3.76. The number of rotatable bonds is 4. The molecule has 128 valence electrons. The zero-order valence-electron chi connectivity index (χ0n) is 12.6. The molecular formula is C15H13F3N2O4. The number of nitrogens with zero attached hydrogens (tertiary/aromatic N) is 1. The Morgan fingerprint density at radius 2 is 1.88 bits per heavy atom. The highest BCUT2D eigenvalue weighted by Crippen LogP contribution is 2.32. The van der Waals surface area contributed by atoms with Crippen molar-refractivity contribution in [2.24, 2.45) is 0 Å². The summed E-state index contributed by atoms with van der Waals surface area (Å²) in [5.41, 5.74) is -3.49. The summed E-state index contributed by atoms with van der Waals surface area (Å²) >= 11 is 0. The van der Waals surface area contributed by atoms with Crippen LogP contribution in [0.5, 0.6) is 0 Å². The van der Waals surface area contributed by atoms with E-state index in [4.69, 9.17) is 4.42 Å². The van der Waals surface area contributed by atoms with Crippen LogP contribution in [0.3, 0.4) is 0 Å². The summed E-state index contributed by atoms with van der Waals surface area (Å²) < 4.78 is 43.4. The standard InChI is InChI=1S/C15H13F3N2O4/c1-8-19-11(7-24-8)12(21)20-14(2,13(22)23)9-4-3-5-10(6-9)15(16,17)18/h3-7H,1-2H3,(H,20,21)(H,22,23). The van der Waals surface area contributed by atoms with Crippen LogP contribution in [0.4, 0.5) is 13.2 Å². The van der Waals surface area contributed by atoms with E-state index in [0.717, 1.165) is 25.3 Å². The van der Waals surface area contributed by atoms with E-state index in [0.29, 0.717) is 6.07 Å². The lowest BCUT2D eigenvalue weighted by molar-refractivity contribution is -0.144. The lowest BCUT2D eigenvalue weighted by atomic mass is 9.90. The molecule has 9 heteroatoms. The SMILES string of the molecule is Cc1nc(C(=O)NC(C)(C(=O)O)c2cccc(C(F)(F)F)c2)co1. The molecule has 0 spiro atoms. The number of carboxylic acid groups (broad SMARTS) is 1. The molecule has 0 radical (unpaired) electrons. The van der Waals surface area contributed by atoms with Crippen molar-refractivity contribution in [3.63, 3.8) is 0 Å². The predicted octanol–water partition coefficient (Wildman–Crippen LogP) is 2.73. The molecule has 2 rings (SSSR count). The molecule has 0 aliphatic heterocycles. The highest BCUT2D eigenvalue weighted by Gasteiger charge is 2.40. The number of carboxylic acids is 1. The number of nitrogens with one attached hydrogen (secondary N) is 1. The fourth-order valence-electron chi connectivity index (χ4n) is 2.01. The lowest BCUT2D eigenvalue weighted by Crippen LogP contribution is -2.49. The first kappa shape index (κ1) is 17.5. The van der Waals surface area contributed by atoms with Gasteiger partial charge in [-0.3, -0.25) is 4.79 Å². The highest BCUT2D eigenvalue weighted by atomic mass is 19.4. The van der Waals surface area contributed by atoms with E-state index in [2.05, 4.69) is 10.3 Å². The minimum absolute atomic E-state index is 0.174. The Bertz CT molecular complexity index is 785. The van der Waals surface area contributed by atoms with Crippen LogP contribution in [0.2, 0.25) is 0 Å². The maximum Gasteiger partial charge on any atom is 0.416 e. The molecule has 1 aromatic heterocycles. The summed E-state index contributed by atoms with van der Waals surface area (Å²) in [5, 5.41) is 11.6. The molecule has 0 fully saturated rings. The molecule has 2 aromatic rings. The quantitative estimate of drug-likeness (QED) is 0.891. The fourth-order valence-corrected chi connectivity index (χ4v) is 2.01. The smallest absolute Gasteiger partial charge is 0.416 e. The third-order valence-corrected chi connectivity index (χ3v) is 3.41. The van der Waals surface area contributed by atoms with E-state index in [9.17, 15) is 27.9 Å². The number of aliphatic carboxylic acids is 1. The predicted molar refractivity (Wildman–Crippen MR) is 75.1 cm³/mol. The lowest BCUT2D eigenvalue weighted by Gasteiger charge is -2.27. The molecule has 1 heterocycles. The van der Waals surface area contributed by atoms with E-state index in [1.165, 1.54) is 13.0 Å². The number of oxazole rings is 1. The second-order valence-corrected chi connectivity index (χ2v) is 5.21. The zero-order chi connectivity index (χ0) is 18.1. The van der Waals surface area contributed by atoms with Crippen molar-refractivity contribution in [2.45, 2.75) is 25.6 Å². The molecule has 1 aromatic carbocycles. The van der Waals surface area contributed by atoms with Gasteiger partial charge < -0.3 is 14.8 Å². The van der Waals surface area contributed by atoms with Crippen LogP contribution in [0, 0.1) is 6.92 Å². The van der Waals surface area contributed by atoms with Gasteiger partial charge in [0.1, 0.15) is 6.26 Å². The summed E-state index contributed by atoms with van der Waals surface area (Å²) in [6.45, 7) is 2.58. The molecule has 1 unspecified atom stereocenters. The highest BCUT2D eigenvalue weighted by molar-refractivity contribution is 5.96. The van der Waals surface area contributed by atoms with Crippen molar-refractivity contribution in [3.05, 3.63) is 53.2 Å². The molecule has 0 bridgehead atoms. The summed E-state index contributed by atoms with van der Waals surface area (Å²) in [6.07, 6.45) is -3.61. The number of aryl methyl sites for hydroxylation is 1. The van der Waals surface area contributed by atoms with Gasteiger partial charge in [0.2, 0.25) is 0 Å². The second-order valence-electron chi connectivity index (χ2n) is 5.21. The third kappa shape index (κ3) is 3.39. The normalized spacial score (nSPS) is 14.0. The van der Waals surface area contributed by atoms with Crippen LogP contribution < -0.4 is 5.32 Å². The first-order valence-electron chi connectivity index (χ1n) is 6.70. The van der Waals surface area contributed by atoms with Gasteiger partial charge >= 0.3 is 12.1 Å². The Labute approximate surface area is 134 Å². The van der Waals surface area contributed by atoms with Gasteiger partial charge in [-0.15, -0.1) is 0 Å². The molecule has 0 aliphatic rings. The van der Waals surface area contributed by atoms with E-state index >= 15 is 0 Å². The largest absolute Gasteiger partial charge is 0.479 e. The van der Waals surface area contributed by atoms with Gasteiger partial charge in [-0.2, -0.15) is 13.2 Å². The Hall–Kier alpha value is -2.84. The zero-order valence-corrected chi connectivity index (χ0v) is 12.6. The second kappa shape index (κ2) is 5.99. The first-order valence-corrected chi connectivity index (χ1v) is 6.70. The maximum absolute atomic E-state index is 12.8. The van der Waals surface area contributed by atoms with Crippen LogP contribution in [0.25, 0.3) is 0 Å². The van der Waals surface area contributed by atoms with Crippen molar-refractivity contribution in [1.29, 1.82) is 0 Å².